The molecule has 0 aliphatic heterocycles. The van der Waals surface area contributed by atoms with Crippen LogP contribution in [0.1, 0.15) is 5.82 Å². The highest BCUT2D eigenvalue weighted by Gasteiger charge is 2.18. The molecule has 0 amide bonds. The summed E-state index contributed by atoms with van der Waals surface area (Å²) in [5, 5.41) is 6.33. The van der Waals surface area contributed by atoms with Gasteiger partial charge in [-0.05, 0) is 18.2 Å². The van der Waals surface area contributed by atoms with Crippen molar-refractivity contribution in [1.29, 1.82) is 0 Å². The quantitative estimate of drug-likeness (QED) is 0.877. The zero-order valence-electron chi connectivity index (χ0n) is 8.89. The molecule has 2 aromatic rings. The molecule has 0 radical (unpaired) electrons. The van der Waals surface area contributed by atoms with Gasteiger partial charge in [0, 0.05) is 4.47 Å². The fourth-order valence-corrected chi connectivity index (χ4v) is 3.27. The van der Waals surface area contributed by atoms with Gasteiger partial charge in [0.1, 0.15) is 17.0 Å². The van der Waals surface area contributed by atoms with Gasteiger partial charge in [-0.15, -0.1) is 0 Å². The maximum absolute atomic E-state index is 12.0. The minimum absolute atomic E-state index is 0.0203. The predicted molar refractivity (Wildman–Crippen MR) is 69.6 cm³/mol. The van der Waals surface area contributed by atoms with E-state index in [0.717, 1.165) is 0 Å². The number of benzene rings is 1. The number of hydrogen-bond donors (Lipinski definition) is 2. The first-order chi connectivity index (χ1) is 8.49. The number of H-pyrrole nitrogens is 1. The second-order valence-electron chi connectivity index (χ2n) is 3.33. The summed E-state index contributed by atoms with van der Waals surface area (Å²) in [6.45, 7) is 0.0225. The predicted octanol–water partition coefficient (Wildman–Crippen LogP) is 1.70. The molecule has 0 atom stereocenters. The van der Waals surface area contributed by atoms with Gasteiger partial charge in [-0.1, -0.05) is 27.5 Å². The van der Waals surface area contributed by atoms with E-state index in [1.807, 2.05) is 0 Å². The molecule has 2 N–H and O–H groups in total. The van der Waals surface area contributed by atoms with Gasteiger partial charge in [0.15, 0.2) is 0 Å². The highest BCUT2D eigenvalue weighted by atomic mass is 79.9. The van der Waals surface area contributed by atoms with E-state index in [1.165, 1.54) is 18.5 Å². The average Bonchev–Trinajstić information content (AvgIpc) is 2.78. The molecule has 0 saturated heterocycles. The van der Waals surface area contributed by atoms with Crippen LogP contribution in [0.15, 0.2) is 33.9 Å². The van der Waals surface area contributed by atoms with Crippen molar-refractivity contribution < 1.29 is 8.42 Å². The zero-order valence-corrected chi connectivity index (χ0v) is 12.1. The van der Waals surface area contributed by atoms with Crippen LogP contribution in [0.25, 0.3) is 0 Å². The molecule has 0 saturated carbocycles. The lowest BCUT2D eigenvalue weighted by Gasteiger charge is -2.07. The van der Waals surface area contributed by atoms with Crippen LogP contribution in [-0.2, 0) is 16.6 Å². The Bertz CT molecular complexity index is 645. The number of aromatic nitrogens is 3. The summed E-state index contributed by atoms with van der Waals surface area (Å²) in [6.07, 6.45) is 1.30. The van der Waals surface area contributed by atoms with Crippen LogP contribution in [-0.4, -0.2) is 23.6 Å². The Morgan fingerprint density at radius 3 is 2.83 bits per heavy atom. The lowest BCUT2D eigenvalue weighted by atomic mass is 10.4. The summed E-state index contributed by atoms with van der Waals surface area (Å²) in [7, 11) is -3.67. The Balaban J connectivity index is 2.20. The molecule has 1 aromatic heterocycles. The van der Waals surface area contributed by atoms with Crippen molar-refractivity contribution in [1.82, 2.24) is 19.9 Å². The zero-order chi connectivity index (χ0) is 13.2. The van der Waals surface area contributed by atoms with E-state index in [2.05, 4.69) is 35.8 Å². The number of nitrogens with one attached hydrogen (secondary N) is 2. The standard InChI is InChI=1S/C9H8BrClN4O2S/c10-6-1-2-8(7(11)3-6)18(16,17)14-4-9-12-5-13-15-9/h1-3,5,14H,4H2,(H,12,13,15). The van der Waals surface area contributed by atoms with Crippen molar-refractivity contribution in [2.45, 2.75) is 11.4 Å². The third kappa shape index (κ3) is 3.08. The van der Waals surface area contributed by atoms with Gasteiger partial charge in [0.05, 0.1) is 11.6 Å². The van der Waals surface area contributed by atoms with Crippen LogP contribution in [0, 0.1) is 0 Å². The largest absolute Gasteiger partial charge is 0.262 e. The van der Waals surface area contributed by atoms with Crippen LogP contribution < -0.4 is 4.72 Å². The maximum atomic E-state index is 12.0. The highest BCUT2D eigenvalue weighted by molar-refractivity contribution is 9.10. The molecule has 6 nitrogen and oxygen atoms in total. The van der Waals surface area contributed by atoms with E-state index in [-0.39, 0.29) is 16.5 Å². The van der Waals surface area contributed by atoms with E-state index in [4.69, 9.17) is 11.6 Å². The average molecular weight is 352 g/mol. The van der Waals surface area contributed by atoms with Crippen LogP contribution in [0.3, 0.4) is 0 Å². The number of aromatic amines is 1. The van der Waals surface area contributed by atoms with Gasteiger partial charge in [-0.3, -0.25) is 5.10 Å². The molecular formula is C9H8BrClN4O2S. The number of halogens is 2. The molecule has 18 heavy (non-hydrogen) atoms. The first kappa shape index (κ1) is 13.5. The van der Waals surface area contributed by atoms with Crippen LogP contribution in [0.4, 0.5) is 0 Å². The Hall–Kier alpha value is -0.960. The second-order valence-corrected chi connectivity index (χ2v) is 6.39. The highest BCUT2D eigenvalue weighted by Crippen LogP contribution is 2.25. The Labute approximate surface area is 117 Å². The number of nitrogens with zero attached hydrogens (tertiary/aromatic N) is 2. The van der Waals surface area contributed by atoms with E-state index in [1.54, 1.807) is 6.07 Å². The normalized spacial score (nSPS) is 11.7. The first-order valence-corrected chi connectivity index (χ1v) is 7.43. The van der Waals surface area contributed by atoms with Crippen molar-refractivity contribution in [2.75, 3.05) is 0 Å². The molecule has 0 unspecified atom stereocenters. The van der Waals surface area contributed by atoms with Crippen molar-refractivity contribution in [3.05, 3.63) is 39.8 Å². The smallest absolute Gasteiger partial charge is 0.242 e. The van der Waals surface area contributed by atoms with Crippen molar-refractivity contribution in [3.63, 3.8) is 0 Å². The minimum Gasteiger partial charge on any atom is -0.262 e. The Kier molecular flexibility index (Phi) is 4.00. The van der Waals surface area contributed by atoms with Crippen LogP contribution in [0.2, 0.25) is 5.02 Å². The fourth-order valence-electron chi connectivity index (χ4n) is 1.25. The van der Waals surface area contributed by atoms with Gasteiger partial charge in [-0.2, -0.15) is 5.10 Å². The molecule has 96 valence electrons. The summed E-state index contributed by atoms with van der Waals surface area (Å²) < 4.78 is 27.1. The number of sulfonamides is 1. The molecule has 0 aliphatic rings. The summed E-state index contributed by atoms with van der Waals surface area (Å²) in [6, 6.07) is 4.55. The van der Waals surface area contributed by atoms with E-state index in [0.29, 0.717) is 10.3 Å². The lowest BCUT2D eigenvalue weighted by Crippen LogP contribution is -2.24. The fraction of sp³-hybridized carbons (Fsp3) is 0.111. The van der Waals surface area contributed by atoms with Crippen LogP contribution in [0.5, 0.6) is 0 Å². The summed E-state index contributed by atoms with van der Waals surface area (Å²) >= 11 is 9.10. The molecule has 9 heteroatoms. The monoisotopic (exact) mass is 350 g/mol. The summed E-state index contributed by atoms with van der Waals surface area (Å²) in [5.41, 5.74) is 0. The van der Waals surface area contributed by atoms with Crippen molar-refractivity contribution in [2.24, 2.45) is 0 Å². The number of hydrogen-bond acceptors (Lipinski definition) is 4. The Morgan fingerprint density at radius 1 is 1.44 bits per heavy atom. The van der Waals surface area contributed by atoms with Gasteiger partial charge < -0.3 is 0 Å². The topological polar surface area (TPSA) is 87.7 Å². The van der Waals surface area contributed by atoms with Gasteiger partial charge >= 0.3 is 0 Å². The second kappa shape index (κ2) is 5.35. The molecule has 0 spiro atoms. The van der Waals surface area contributed by atoms with E-state index < -0.39 is 10.0 Å². The van der Waals surface area contributed by atoms with Crippen molar-refractivity contribution >= 4 is 37.6 Å². The third-order valence-corrected chi connectivity index (χ3v) is 4.46. The van der Waals surface area contributed by atoms with Gasteiger partial charge in [0.2, 0.25) is 10.0 Å². The molecule has 0 fully saturated rings. The van der Waals surface area contributed by atoms with E-state index >= 15 is 0 Å². The minimum atomic E-state index is -3.67. The molecule has 0 bridgehead atoms. The molecule has 1 heterocycles. The maximum Gasteiger partial charge on any atom is 0.242 e. The summed E-state index contributed by atoms with van der Waals surface area (Å²) in [4.78, 5) is 3.84. The molecule has 2 rings (SSSR count). The molecular weight excluding hydrogens is 344 g/mol. The molecule has 1 aromatic carbocycles. The van der Waals surface area contributed by atoms with Gasteiger partial charge in [0.25, 0.3) is 0 Å². The number of rotatable bonds is 4. The van der Waals surface area contributed by atoms with Crippen LogP contribution >= 0.6 is 27.5 Å². The lowest BCUT2D eigenvalue weighted by molar-refractivity contribution is 0.579. The van der Waals surface area contributed by atoms with Crippen molar-refractivity contribution in [3.8, 4) is 0 Å². The third-order valence-electron chi connectivity index (χ3n) is 2.08. The Morgan fingerprint density at radius 2 is 2.22 bits per heavy atom. The molecule has 0 aliphatic carbocycles. The first-order valence-electron chi connectivity index (χ1n) is 4.78. The SMILES string of the molecule is O=S(=O)(NCc1ncn[nH]1)c1ccc(Br)cc1Cl. The van der Waals surface area contributed by atoms with Gasteiger partial charge in [-0.25, -0.2) is 18.1 Å². The van der Waals surface area contributed by atoms with E-state index in [9.17, 15) is 8.42 Å². The summed E-state index contributed by atoms with van der Waals surface area (Å²) in [5.74, 6) is 0.423.